The molecule has 0 spiro atoms. The number of nitrogens with one attached hydrogen (secondary N) is 1. The van der Waals surface area contributed by atoms with Gasteiger partial charge in [0.05, 0.1) is 11.5 Å². The van der Waals surface area contributed by atoms with Gasteiger partial charge in [-0.15, -0.1) is 0 Å². The lowest BCUT2D eigenvalue weighted by atomic mass is 9.71. The number of amides is 3. The van der Waals surface area contributed by atoms with Crippen molar-refractivity contribution in [1.29, 1.82) is 0 Å². The second-order valence-corrected chi connectivity index (χ2v) is 10.4. The summed E-state index contributed by atoms with van der Waals surface area (Å²) in [5.74, 6) is 0.104. The number of likely N-dealkylation sites (tertiary alicyclic amines) is 1. The Bertz CT molecular complexity index is 1270. The Labute approximate surface area is 224 Å². The number of benzene rings is 3. The van der Waals surface area contributed by atoms with Crippen molar-refractivity contribution in [3.05, 3.63) is 102 Å². The molecular weight excluding hydrogens is 474 g/mol. The predicted molar refractivity (Wildman–Crippen MR) is 149 cm³/mol. The molecule has 5 rings (SSSR count). The smallest absolute Gasteiger partial charge is 0.253 e. The molecule has 6 nitrogen and oxygen atoms in total. The van der Waals surface area contributed by atoms with Crippen molar-refractivity contribution in [1.82, 2.24) is 10.2 Å². The van der Waals surface area contributed by atoms with Crippen LogP contribution < -0.4 is 10.2 Å². The first-order valence-electron chi connectivity index (χ1n) is 13.6. The van der Waals surface area contributed by atoms with Crippen LogP contribution in [0.4, 0.5) is 5.69 Å². The average Bonchev–Trinajstić information content (AvgIpc) is 2.98. The number of anilines is 1. The van der Waals surface area contributed by atoms with Crippen LogP contribution in [0.3, 0.4) is 0 Å². The molecule has 0 aromatic heterocycles. The molecule has 1 N–H and O–H groups in total. The molecule has 2 aliphatic heterocycles. The lowest BCUT2D eigenvalue weighted by molar-refractivity contribution is -0.129. The summed E-state index contributed by atoms with van der Waals surface area (Å²) in [5.41, 5.74) is 2.80. The van der Waals surface area contributed by atoms with Crippen LogP contribution in [0, 0.1) is 0 Å². The molecule has 196 valence electrons. The van der Waals surface area contributed by atoms with Gasteiger partial charge in [-0.25, -0.2) is 0 Å². The Morgan fingerprint density at radius 2 is 1.45 bits per heavy atom. The molecular formula is C32H35N3O3. The van der Waals surface area contributed by atoms with Gasteiger partial charge in [0, 0.05) is 37.3 Å². The Balaban J connectivity index is 1.30. The van der Waals surface area contributed by atoms with Crippen molar-refractivity contribution >= 4 is 23.4 Å². The zero-order chi connectivity index (χ0) is 26.5. The maximum Gasteiger partial charge on any atom is 0.253 e. The zero-order valence-corrected chi connectivity index (χ0v) is 21.9. The minimum atomic E-state index is -0.695. The fraction of sp³-hybridized carbons (Fsp3) is 0.344. The molecule has 0 bridgehead atoms. The summed E-state index contributed by atoms with van der Waals surface area (Å²) in [5, 5.41) is 3.25. The zero-order valence-electron chi connectivity index (χ0n) is 21.9. The molecule has 1 atom stereocenters. The molecule has 3 aromatic carbocycles. The lowest BCUT2D eigenvalue weighted by Crippen LogP contribution is -2.53. The maximum atomic E-state index is 13.8. The van der Waals surface area contributed by atoms with Crippen LogP contribution >= 0.6 is 0 Å². The Morgan fingerprint density at radius 1 is 0.816 bits per heavy atom. The highest BCUT2D eigenvalue weighted by molar-refractivity contribution is 5.97. The molecule has 3 aromatic rings. The van der Waals surface area contributed by atoms with Crippen molar-refractivity contribution in [3.8, 4) is 0 Å². The summed E-state index contributed by atoms with van der Waals surface area (Å²) in [7, 11) is 0. The standard InChI is InChI=1S/C32H35N3O3/c1-24(25-10-4-2-5-11-25)33-31(38)32(27-12-6-3-7-13-27)19-22-34(23-20-32)30(37)26-15-17-28(18-16-26)35-21-9-8-14-29(35)36/h2-7,10-13,15-18,24H,8-9,14,19-23H2,1H3,(H,33,38)/t24-/m0/s1. The van der Waals surface area contributed by atoms with E-state index in [0.717, 1.165) is 36.2 Å². The Kier molecular flexibility index (Phi) is 7.59. The van der Waals surface area contributed by atoms with Gasteiger partial charge >= 0.3 is 0 Å². The van der Waals surface area contributed by atoms with Crippen LogP contribution in [0.2, 0.25) is 0 Å². The van der Waals surface area contributed by atoms with Crippen molar-refractivity contribution in [3.63, 3.8) is 0 Å². The molecule has 3 amide bonds. The monoisotopic (exact) mass is 509 g/mol. The van der Waals surface area contributed by atoms with Crippen LogP contribution in [0.1, 0.15) is 66.6 Å². The Hall–Kier alpha value is -3.93. The summed E-state index contributed by atoms with van der Waals surface area (Å²) < 4.78 is 0. The first kappa shape index (κ1) is 25.7. The van der Waals surface area contributed by atoms with Gasteiger partial charge in [0.1, 0.15) is 0 Å². The van der Waals surface area contributed by atoms with Gasteiger partial charge in [0.2, 0.25) is 11.8 Å². The molecule has 0 saturated carbocycles. The van der Waals surface area contributed by atoms with Crippen LogP contribution in [-0.4, -0.2) is 42.3 Å². The van der Waals surface area contributed by atoms with Crippen molar-refractivity contribution in [2.75, 3.05) is 24.5 Å². The highest BCUT2D eigenvalue weighted by Gasteiger charge is 2.44. The van der Waals surface area contributed by atoms with Gasteiger partial charge in [-0.1, -0.05) is 60.7 Å². The second-order valence-electron chi connectivity index (χ2n) is 10.4. The topological polar surface area (TPSA) is 69.7 Å². The van der Waals surface area contributed by atoms with Gasteiger partial charge in [-0.05, 0) is 68.0 Å². The van der Waals surface area contributed by atoms with Gasteiger partial charge in [0.25, 0.3) is 5.91 Å². The first-order chi connectivity index (χ1) is 18.5. The minimum absolute atomic E-state index is 0.00250. The van der Waals surface area contributed by atoms with E-state index in [1.165, 1.54) is 0 Å². The van der Waals surface area contributed by atoms with Crippen LogP contribution in [0.5, 0.6) is 0 Å². The van der Waals surface area contributed by atoms with Crippen LogP contribution in [0.15, 0.2) is 84.9 Å². The van der Waals surface area contributed by atoms with E-state index in [1.807, 2.05) is 102 Å². The fourth-order valence-electron chi connectivity index (χ4n) is 5.70. The van der Waals surface area contributed by atoms with E-state index < -0.39 is 5.41 Å². The van der Waals surface area contributed by atoms with E-state index in [1.54, 1.807) is 0 Å². The number of hydrogen-bond acceptors (Lipinski definition) is 3. The number of piperidine rings is 2. The normalized spacial score (nSPS) is 18.1. The summed E-state index contributed by atoms with van der Waals surface area (Å²) in [6, 6.07) is 27.1. The second kappa shape index (κ2) is 11.2. The van der Waals surface area contributed by atoms with E-state index >= 15 is 0 Å². The maximum absolute atomic E-state index is 13.8. The van der Waals surface area contributed by atoms with Gasteiger partial charge < -0.3 is 15.1 Å². The SMILES string of the molecule is C[C@H](NC(=O)C1(c2ccccc2)CCN(C(=O)c2ccc(N3CCCCC3=O)cc2)CC1)c1ccccc1. The van der Waals surface area contributed by atoms with Crippen LogP contribution in [-0.2, 0) is 15.0 Å². The summed E-state index contributed by atoms with van der Waals surface area (Å²) in [6.07, 6.45) is 3.62. The minimum Gasteiger partial charge on any atom is -0.349 e. The number of carbonyl (C=O) groups excluding carboxylic acids is 3. The number of carbonyl (C=O) groups is 3. The molecule has 6 heteroatoms. The van der Waals surface area contributed by atoms with Gasteiger partial charge in [-0.2, -0.15) is 0 Å². The molecule has 2 heterocycles. The van der Waals surface area contributed by atoms with Gasteiger partial charge in [0.15, 0.2) is 0 Å². The molecule has 38 heavy (non-hydrogen) atoms. The fourth-order valence-corrected chi connectivity index (χ4v) is 5.70. The molecule has 0 aliphatic carbocycles. The molecule has 2 saturated heterocycles. The quantitative estimate of drug-likeness (QED) is 0.493. The van der Waals surface area contributed by atoms with E-state index in [0.29, 0.717) is 37.9 Å². The number of nitrogens with zero attached hydrogens (tertiary/aromatic N) is 2. The lowest BCUT2D eigenvalue weighted by Gasteiger charge is -2.41. The molecule has 2 fully saturated rings. The predicted octanol–water partition coefficient (Wildman–Crippen LogP) is 5.25. The third kappa shape index (κ3) is 5.21. The van der Waals surface area contributed by atoms with Crippen molar-refractivity contribution < 1.29 is 14.4 Å². The highest BCUT2D eigenvalue weighted by Crippen LogP contribution is 2.37. The van der Waals surface area contributed by atoms with E-state index in [4.69, 9.17) is 0 Å². The number of hydrogen-bond donors (Lipinski definition) is 1. The third-order valence-corrected chi connectivity index (χ3v) is 8.06. The van der Waals surface area contributed by atoms with Gasteiger partial charge in [-0.3, -0.25) is 14.4 Å². The molecule has 2 aliphatic rings. The van der Waals surface area contributed by atoms with E-state index in [-0.39, 0.29) is 23.8 Å². The van der Waals surface area contributed by atoms with E-state index in [9.17, 15) is 14.4 Å². The number of rotatable bonds is 6. The Morgan fingerprint density at radius 3 is 2.08 bits per heavy atom. The van der Waals surface area contributed by atoms with Crippen LogP contribution in [0.25, 0.3) is 0 Å². The summed E-state index contributed by atoms with van der Waals surface area (Å²) in [4.78, 5) is 43.1. The highest BCUT2D eigenvalue weighted by atomic mass is 16.2. The van der Waals surface area contributed by atoms with Crippen molar-refractivity contribution in [2.24, 2.45) is 0 Å². The van der Waals surface area contributed by atoms with Crippen molar-refractivity contribution in [2.45, 2.75) is 50.5 Å². The molecule has 0 radical (unpaired) electrons. The average molecular weight is 510 g/mol. The molecule has 0 unspecified atom stereocenters. The third-order valence-electron chi connectivity index (χ3n) is 8.06. The largest absolute Gasteiger partial charge is 0.349 e. The van der Waals surface area contributed by atoms with E-state index in [2.05, 4.69) is 5.32 Å². The first-order valence-corrected chi connectivity index (χ1v) is 13.6. The summed E-state index contributed by atoms with van der Waals surface area (Å²) in [6.45, 7) is 3.72. The summed E-state index contributed by atoms with van der Waals surface area (Å²) >= 11 is 0.